The zero-order valence-electron chi connectivity index (χ0n) is 14.2. The molecule has 0 unspecified atom stereocenters. The van der Waals surface area contributed by atoms with Crippen molar-refractivity contribution in [2.75, 3.05) is 26.8 Å². The van der Waals surface area contributed by atoms with E-state index in [2.05, 4.69) is 33.3 Å². The van der Waals surface area contributed by atoms with Crippen LogP contribution in [0.1, 0.15) is 35.4 Å². The van der Waals surface area contributed by atoms with Crippen molar-refractivity contribution in [1.82, 2.24) is 15.1 Å². The van der Waals surface area contributed by atoms with Gasteiger partial charge in [-0.25, -0.2) is 0 Å². The first-order valence-electron chi connectivity index (χ1n) is 8.54. The number of aromatic nitrogens is 2. The normalized spacial score (nSPS) is 23.4. The van der Waals surface area contributed by atoms with E-state index in [9.17, 15) is 0 Å². The van der Waals surface area contributed by atoms with Crippen LogP contribution in [-0.4, -0.2) is 48.0 Å². The number of likely N-dealkylation sites (tertiary alicyclic amines) is 1. The summed E-state index contributed by atoms with van der Waals surface area (Å²) in [6.45, 7) is 4.48. The van der Waals surface area contributed by atoms with Crippen LogP contribution < -0.4 is 4.74 Å². The summed E-state index contributed by atoms with van der Waals surface area (Å²) in [6, 6.07) is 6.69. The van der Waals surface area contributed by atoms with Crippen molar-refractivity contribution < 1.29 is 13.9 Å². The fourth-order valence-electron chi connectivity index (χ4n) is 3.65. The van der Waals surface area contributed by atoms with Crippen molar-refractivity contribution in [3.8, 4) is 5.75 Å². The highest BCUT2D eigenvalue weighted by Gasteiger charge is 2.36. The Hall–Kier alpha value is -1.92. The topological polar surface area (TPSA) is 60.6 Å². The molecule has 0 saturated carbocycles. The molecule has 0 radical (unpaired) electrons. The number of hydrogen-bond donors (Lipinski definition) is 0. The van der Waals surface area contributed by atoms with Gasteiger partial charge in [-0.3, -0.25) is 4.90 Å². The molecule has 4 rings (SSSR count). The number of methoxy groups -OCH3 is 1. The minimum atomic E-state index is 0.147. The molecule has 2 aliphatic heterocycles. The van der Waals surface area contributed by atoms with Crippen molar-refractivity contribution in [1.29, 1.82) is 0 Å². The fourth-order valence-corrected chi connectivity index (χ4v) is 3.65. The third-order valence-corrected chi connectivity index (χ3v) is 4.97. The average molecular weight is 329 g/mol. The number of aryl methyl sites for hydroxylation is 1. The van der Waals surface area contributed by atoms with E-state index in [0.717, 1.165) is 44.7 Å². The van der Waals surface area contributed by atoms with Gasteiger partial charge in [0.05, 0.1) is 18.8 Å². The van der Waals surface area contributed by atoms with Crippen LogP contribution in [0, 0.1) is 6.92 Å². The minimum Gasteiger partial charge on any atom is -0.493 e. The summed E-state index contributed by atoms with van der Waals surface area (Å²) in [6.07, 6.45) is 3.13. The number of rotatable bonds is 5. The van der Waals surface area contributed by atoms with E-state index in [1.807, 2.05) is 6.92 Å². The Balaban J connectivity index is 1.45. The smallest absolute Gasteiger partial charge is 0.233 e. The lowest BCUT2D eigenvalue weighted by Crippen LogP contribution is -2.27. The maximum Gasteiger partial charge on any atom is 0.233 e. The second-order valence-corrected chi connectivity index (χ2v) is 6.55. The lowest BCUT2D eigenvalue weighted by Gasteiger charge is -2.21. The minimum absolute atomic E-state index is 0.147. The molecule has 6 nitrogen and oxygen atoms in total. The third-order valence-electron chi connectivity index (χ3n) is 4.97. The molecule has 3 heterocycles. The number of hydrogen-bond acceptors (Lipinski definition) is 6. The van der Waals surface area contributed by atoms with Crippen LogP contribution in [0.5, 0.6) is 5.75 Å². The summed E-state index contributed by atoms with van der Waals surface area (Å²) in [5.74, 6) is 2.36. The Morgan fingerprint density at radius 1 is 1.33 bits per heavy atom. The van der Waals surface area contributed by atoms with Gasteiger partial charge in [-0.2, -0.15) is 0 Å². The Kier molecular flexibility index (Phi) is 4.24. The van der Waals surface area contributed by atoms with E-state index >= 15 is 0 Å². The standard InChI is InChI=1S/C18H23N3O3/c1-12-19-20-18(24-12)16-10-15(22-2)11-21(16)7-5-13-3-4-17-14(9-13)6-8-23-17/h3-4,9,15-16H,5-8,10-11H2,1-2H3/t15-,16-/m1/s1. The molecule has 2 aliphatic rings. The van der Waals surface area contributed by atoms with Gasteiger partial charge in [0, 0.05) is 33.5 Å². The van der Waals surface area contributed by atoms with E-state index in [4.69, 9.17) is 13.9 Å². The molecule has 1 aromatic carbocycles. The van der Waals surface area contributed by atoms with Gasteiger partial charge >= 0.3 is 0 Å². The van der Waals surface area contributed by atoms with Crippen molar-refractivity contribution in [3.05, 3.63) is 41.1 Å². The van der Waals surface area contributed by atoms with Crippen LogP contribution in [0.3, 0.4) is 0 Å². The summed E-state index contributed by atoms with van der Waals surface area (Å²) < 4.78 is 16.8. The molecular weight excluding hydrogens is 306 g/mol. The average Bonchev–Trinajstić information content (AvgIpc) is 3.31. The number of ether oxygens (including phenoxy) is 2. The lowest BCUT2D eigenvalue weighted by atomic mass is 10.1. The van der Waals surface area contributed by atoms with Gasteiger partial charge in [0.1, 0.15) is 5.75 Å². The van der Waals surface area contributed by atoms with Crippen molar-refractivity contribution in [2.45, 2.75) is 38.3 Å². The van der Waals surface area contributed by atoms with Gasteiger partial charge < -0.3 is 13.9 Å². The Morgan fingerprint density at radius 2 is 2.25 bits per heavy atom. The van der Waals surface area contributed by atoms with E-state index in [1.54, 1.807) is 7.11 Å². The molecule has 0 aliphatic carbocycles. The molecule has 0 bridgehead atoms. The van der Waals surface area contributed by atoms with E-state index in [0.29, 0.717) is 11.8 Å². The van der Waals surface area contributed by atoms with Crippen LogP contribution in [0.15, 0.2) is 22.6 Å². The predicted octanol–water partition coefficient (Wildman–Crippen LogP) is 2.32. The summed E-state index contributed by atoms with van der Waals surface area (Å²) in [4.78, 5) is 2.39. The highest BCUT2D eigenvalue weighted by molar-refractivity contribution is 5.39. The SMILES string of the molecule is CO[C@@H]1C[C@H](c2nnc(C)o2)N(CCc2ccc3c(c2)CCO3)C1. The van der Waals surface area contributed by atoms with E-state index in [-0.39, 0.29) is 12.1 Å². The molecule has 1 fully saturated rings. The first kappa shape index (κ1) is 15.6. The van der Waals surface area contributed by atoms with Gasteiger partial charge in [0.15, 0.2) is 0 Å². The molecule has 0 spiro atoms. The van der Waals surface area contributed by atoms with Gasteiger partial charge in [0.2, 0.25) is 11.8 Å². The summed E-state index contributed by atoms with van der Waals surface area (Å²) in [7, 11) is 1.77. The van der Waals surface area contributed by atoms with Crippen LogP contribution >= 0.6 is 0 Å². The van der Waals surface area contributed by atoms with Crippen LogP contribution in [-0.2, 0) is 17.6 Å². The van der Waals surface area contributed by atoms with E-state index < -0.39 is 0 Å². The number of fused-ring (bicyclic) bond motifs is 1. The summed E-state index contributed by atoms with van der Waals surface area (Å²) in [5.41, 5.74) is 2.67. The number of nitrogens with zero attached hydrogens (tertiary/aromatic N) is 3. The lowest BCUT2D eigenvalue weighted by molar-refractivity contribution is 0.108. The van der Waals surface area contributed by atoms with Crippen molar-refractivity contribution in [3.63, 3.8) is 0 Å². The predicted molar refractivity (Wildman–Crippen MR) is 88.1 cm³/mol. The zero-order chi connectivity index (χ0) is 16.5. The quantitative estimate of drug-likeness (QED) is 0.839. The number of benzene rings is 1. The first-order chi connectivity index (χ1) is 11.7. The zero-order valence-corrected chi connectivity index (χ0v) is 14.2. The molecule has 1 aromatic heterocycles. The van der Waals surface area contributed by atoms with E-state index in [1.165, 1.54) is 11.1 Å². The molecule has 0 N–H and O–H groups in total. The monoisotopic (exact) mass is 329 g/mol. The first-order valence-corrected chi connectivity index (χ1v) is 8.54. The maximum atomic E-state index is 5.67. The Morgan fingerprint density at radius 3 is 3.04 bits per heavy atom. The van der Waals surface area contributed by atoms with Crippen LogP contribution in [0.4, 0.5) is 0 Å². The molecular formula is C18H23N3O3. The third kappa shape index (κ3) is 3.03. The fraction of sp³-hybridized carbons (Fsp3) is 0.556. The highest BCUT2D eigenvalue weighted by atomic mass is 16.5. The molecule has 2 atom stereocenters. The molecule has 6 heteroatoms. The Labute approximate surface area is 141 Å². The second-order valence-electron chi connectivity index (χ2n) is 6.55. The molecule has 24 heavy (non-hydrogen) atoms. The van der Waals surface area contributed by atoms with Gasteiger partial charge in [0.25, 0.3) is 0 Å². The van der Waals surface area contributed by atoms with Crippen molar-refractivity contribution in [2.24, 2.45) is 0 Å². The molecule has 0 amide bonds. The molecule has 2 aromatic rings. The van der Waals surface area contributed by atoms with Crippen LogP contribution in [0.2, 0.25) is 0 Å². The maximum absolute atomic E-state index is 5.67. The Bertz CT molecular complexity index is 715. The van der Waals surface area contributed by atoms with Crippen LogP contribution in [0.25, 0.3) is 0 Å². The largest absolute Gasteiger partial charge is 0.493 e. The van der Waals surface area contributed by atoms with Gasteiger partial charge in [-0.1, -0.05) is 12.1 Å². The summed E-state index contributed by atoms with van der Waals surface area (Å²) >= 11 is 0. The second kappa shape index (κ2) is 6.53. The highest BCUT2D eigenvalue weighted by Crippen LogP contribution is 2.33. The van der Waals surface area contributed by atoms with Gasteiger partial charge in [-0.15, -0.1) is 10.2 Å². The van der Waals surface area contributed by atoms with Gasteiger partial charge in [-0.05, 0) is 30.0 Å². The summed E-state index contributed by atoms with van der Waals surface area (Å²) in [5, 5.41) is 8.19. The molecule has 128 valence electrons. The molecule has 1 saturated heterocycles. The van der Waals surface area contributed by atoms with Crippen molar-refractivity contribution >= 4 is 0 Å².